The standard InChI is InChI=1S/C30H46F3NO5S/c1-8-17(3)40-15-22(34)11-16(2)24-10-9-21(30(31,32)33)12-20-13-23(20)18(4)27(37)19(5)28(38)29(6,7)25(35)14-26(36)39-24/h9,11,15,17-20,23-25,27,35,37H,8,10,12-14,34H2,1-7H3/b16-11+,21-9+,22-15-/t17?,18-,19+,20?,23?,24-,25-,27-/m0/s1. The largest absolute Gasteiger partial charge is 0.457 e. The van der Waals surface area contributed by atoms with E-state index >= 15 is 0 Å². The average molecular weight is 590 g/mol. The molecule has 0 amide bonds. The van der Waals surface area contributed by atoms with Gasteiger partial charge in [0.25, 0.3) is 0 Å². The number of hydrogen-bond acceptors (Lipinski definition) is 7. The zero-order valence-corrected chi connectivity index (χ0v) is 25.4. The minimum absolute atomic E-state index is 0.153. The SMILES string of the molecule is CCC(C)S/C=C(N)/C=C(\C)[C@@H]1C/C=C(/C(F)(F)F)CC2CC2[C@H](C)[C@H](O)[C@@H](C)C(=O)C(C)(C)[C@@H](O)CC(=O)O1. The van der Waals surface area contributed by atoms with Gasteiger partial charge >= 0.3 is 12.1 Å². The number of ether oxygens (including phenoxy) is 1. The molecule has 3 unspecified atom stereocenters. The number of nitrogens with two attached hydrogens (primary N) is 1. The fourth-order valence-electron chi connectivity index (χ4n) is 5.24. The van der Waals surface area contributed by atoms with E-state index in [0.717, 1.165) is 12.5 Å². The molecule has 0 saturated heterocycles. The molecule has 1 heterocycles. The molecule has 1 aliphatic carbocycles. The van der Waals surface area contributed by atoms with Crippen molar-refractivity contribution in [1.29, 1.82) is 0 Å². The molecule has 1 fully saturated rings. The highest BCUT2D eigenvalue weighted by molar-refractivity contribution is 8.02. The van der Waals surface area contributed by atoms with Crippen molar-refractivity contribution in [3.63, 3.8) is 0 Å². The Bertz CT molecular complexity index is 1010. The minimum atomic E-state index is -4.57. The molecule has 0 radical (unpaired) electrons. The van der Waals surface area contributed by atoms with E-state index < -0.39 is 65.5 Å². The number of Topliss-reactive ketones (excluding diaryl/α,β-unsaturated/α-hetero) is 1. The van der Waals surface area contributed by atoms with Gasteiger partial charge in [0.1, 0.15) is 11.9 Å². The maximum Gasteiger partial charge on any atom is 0.412 e. The van der Waals surface area contributed by atoms with E-state index in [4.69, 9.17) is 10.5 Å². The number of thioether (sulfide) groups is 1. The average Bonchev–Trinajstić information content (AvgIpc) is 3.64. The lowest BCUT2D eigenvalue weighted by molar-refractivity contribution is -0.154. The Kier molecular flexibility index (Phi) is 12.0. The second-order valence-electron chi connectivity index (χ2n) is 12.1. The Morgan fingerprint density at radius 1 is 1.25 bits per heavy atom. The van der Waals surface area contributed by atoms with E-state index in [1.807, 2.05) is 13.8 Å². The van der Waals surface area contributed by atoms with Crippen LogP contribution in [-0.4, -0.2) is 51.7 Å². The number of carbonyl (C=O) groups is 2. The maximum atomic E-state index is 14.0. The van der Waals surface area contributed by atoms with Gasteiger partial charge in [-0.15, -0.1) is 11.8 Å². The Labute approximate surface area is 240 Å². The number of carbonyl (C=O) groups excluding carboxylic acids is 2. The molecule has 40 heavy (non-hydrogen) atoms. The van der Waals surface area contributed by atoms with Crippen LogP contribution in [0.5, 0.6) is 0 Å². The van der Waals surface area contributed by atoms with E-state index in [1.54, 1.807) is 32.3 Å². The number of aliphatic hydroxyl groups is 2. The molecule has 0 spiro atoms. The van der Waals surface area contributed by atoms with Crippen molar-refractivity contribution in [3.05, 3.63) is 34.4 Å². The lowest BCUT2D eigenvalue weighted by Gasteiger charge is -2.34. The molecule has 10 heteroatoms. The third-order valence-electron chi connectivity index (χ3n) is 8.56. The predicted octanol–water partition coefficient (Wildman–Crippen LogP) is 6.07. The Hall–Kier alpha value is -1.78. The second-order valence-corrected chi connectivity index (χ2v) is 13.4. The molecule has 8 atom stereocenters. The number of fused-ring (bicyclic) bond motifs is 1. The highest BCUT2D eigenvalue weighted by atomic mass is 32.2. The van der Waals surface area contributed by atoms with Gasteiger partial charge in [-0.1, -0.05) is 47.6 Å². The summed E-state index contributed by atoms with van der Waals surface area (Å²) in [5.41, 5.74) is 4.91. The van der Waals surface area contributed by atoms with Crippen LogP contribution in [0.3, 0.4) is 0 Å². The van der Waals surface area contributed by atoms with Crippen molar-refractivity contribution in [2.45, 2.75) is 110 Å². The molecule has 1 saturated carbocycles. The van der Waals surface area contributed by atoms with Crippen LogP contribution in [0, 0.1) is 29.1 Å². The van der Waals surface area contributed by atoms with Crippen molar-refractivity contribution >= 4 is 23.5 Å². The zero-order chi connectivity index (χ0) is 30.6. The first-order valence-corrected chi connectivity index (χ1v) is 15.0. The van der Waals surface area contributed by atoms with Gasteiger partial charge in [0.2, 0.25) is 0 Å². The molecular formula is C30H46F3NO5S. The third-order valence-corrected chi connectivity index (χ3v) is 9.76. The number of cyclic esters (lactones) is 1. The molecule has 0 aromatic carbocycles. The summed E-state index contributed by atoms with van der Waals surface area (Å²) in [5.74, 6) is -2.97. The number of esters is 1. The molecule has 228 valence electrons. The van der Waals surface area contributed by atoms with Crippen LogP contribution in [0.2, 0.25) is 0 Å². The summed E-state index contributed by atoms with van der Waals surface area (Å²) in [6, 6.07) is 0. The van der Waals surface area contributed by atoms with Crippen molar-refractivity contribution in [1.82, 2.24) is 0 Å². The predicted molar refractivity (Wildman–Crippen MR) is 152 cm³/mol. The summed E-state index contributed by atoms with van der Waals surface area (Å²) in [7, 11) is 0. The van der Waals surface area contributed by atoms with Crippen LogP contribution in [0.4, 0.5) is 13.2 Å². The number of rotatable bonds is 5. The molecule has 1 aliphatic heterocycles. The van der Waals surface area contributed by atoms with Gasteiger partial charge in [-0.25, -0.2) is 0 Å². The van der Waals surface area contributed by atoms with E-state index in [2.05, 4.69) is 0 Å². The number of ketones is 1. The Morgan fingerprint density at radius 3 is 2.45 bits per heavy atom. The lowest BCUT2D eigenvalue weighted by Crippen LogP contribution is -2.46. The first kappa shape index (κ1) is 34.4. The topological polar surface area (TPSA) is 110 Å². The lowest BCUT2D eigenvalue weighted by atomic mass is 9.72. The van der Waals surface area contributed by atoms with Crippen molar-refractivity contribution in [3.8, 4) is 0 Å². The van der Waals surface area contributed by atoms with Crippen molar-refractivity contribution in [2.75, 3.05) is 0 Å². The number of allylic oxidation sites excluding steroid dienone is 2. The molecule has 4 N–H and O–H groups in total. The summed E-state index contributed by atoms with van der Waals surface area (Å²) < 4.78 is 47.7. The van der Waals surface area contributed by atoms with E-state index in [9.17, 15) is 33.0 Å². The number of hydrogen-bond donors (Lipinski definition) is 3. The third kappa shape index (κ3) is 9.11. The maximum absolute atomic E-state index is 14.0. The zero-order valence-electron chi connectivity index (χ0n) is 24.6. The molecule has 0 aromatic heterocycles. The first-order chi connectivity index (χ1) is 18.4. The summed E-state index contributed by atoms with van der Waals surface area (Å²) in [6.07, 6.45) is -4.96. The van der Waals surface area contributed by atoms with Crippen LogP contribution in [0.25, 0.3) is 0 Å². The van der Waals surface area contributed by atoms with Gasteiger partial charge in [-0.05, 0) is 61.0 Å². The molecule has 6 nitrogen and oxygen atoms in total. The van der Waals surface area contributed by atoms with E-state index in [1.165, 1.54) is 25.6 Å². The normalized spacial score (nSPS) is 35.3. The highest BCUT2D eigenvalue weighted by Crippen LogP contribution is 2.51. The summed E-state index contributed by atoms with van der Waals surface area (Å²) in [4.78, 5) is 26.2. The van der Waals surface area contributed by atoms with Gasteiger partial charge < -0.3 is 20.7 Å². The van der Waals surface area contributed by atoms with E-state index in [0.29, 0.717) is 22.9 Å². The summed E-state index contributed by atoms with van der Waals surface area (Å²) in [6.45, 7) is 12.1. The van der Waals surface area contributed by atoms with Crippen LogP contribution < -0.4 is 5.73 Å². The van der Waals surface area contributed by atoms with Crippen LogP contribution in [0.15, 0.2) is 34.4 Å². The fraction of sp³-hybridized carbons (Fsp3) is 0.733. The Balaban J connectivity index is 2.47. The number of halogens is 3. The van der Waals surface area contributed by atoms with Gasteiger partial charge in [0.15, 0.2) is 0 Å². The van der Waals surface area contributed by atoms with Crippen molar-refractivity contribution < 1.29 is 37.7 Å². The van der Waals surface area contributed by atoms with Crippen LogP contribution in [0.1, 0.15) is 80.6 Å². The van der Waals surface area contributed by atoms with E-state index in [-0.39, 0.29) is 24.7 Å². The number of alkyl halides is 3. The quantitative estimate of drug-likeness (QED) is 0.203. The molecule has 2 aliphatic rings. The van der Waals surface area contributed by atoms with Gasteiger partial charge in [0.05, 0.1) is 24.0 Å². The molecular weight excluding hydrogens is 543 g/mol. The van der Waals surface area contributed by atoms with Crippen molar-refractivity contribution in [2.24, 2.45) is 34.8 Å². The smallest absolute Gasteiger partial charge is 0.412 e. The van der Waals surface area contributed by atoms with Crippen LogP contribution in [-0.2, 0) is 14.3 Å². The van der Waals surface area contributed by atoms with Crippen LogP contribution >= 0.6 is 11.8 Å². The highest BCUT2D eigenvalue weighted by Gasteiger charge is 2.49. The number of aliphatic hydroxyl groups excluding tert-OH is 2. The van der Waals surface area contributed by atoms with Gasteiger partial charge in [-0.2, -0.15) is 13.2 Å². The molecule has 2 rings (SSSR count). The molecule has 0 bridgehead atoms. The minimum Gasteiger partial charge on any atom is -0.457 e. The van der Waals surface area contributed by atoms with Gasteiger partial charge in [0, 0.05) is 28.9 Å². The first-order valence-electron chi connectivity index (χ1n) is 14.0. The Morgan fingerprint density at radius 2 is 1.88 bits per heavy atom. The fourth-order valence-corrected chi connectivity index (χ4v) is 5.89. The second kappa shape index (κ2) is 13.9. The van der Waals surface area contributed by atoms with Gasteiger partial charge in [-0.3, -0.25) is 9.59 Å². The summed E-state index contributed by atoms with van der Waals surface area (Å²) >= 11 is 1.53. The monoisotopic (exact) mass is 589 g/mol. The molecule has 0 aromatic rings. The summed E-state index contributed by atoms with van der Waals surface area (Å²) in [5, 5.41) is 23.9.